The summed E-state index contributed by atoms with van der Waals surface area (Å²) in [5.41, 5.74) is 1.74. The summed E-state index contributed by atoms with van der Waals surface area (Å²) in [6.07, 6.45) is -0.402. The van der Waals surface area contributed by atoms with E-state index >= 15 is 0 Å². The first-order valence-electron chi connectivity index (χ1n) is 7.12. The van der Waals surface area contributed by atoms with Crippen LogP contribution in [0.15, 0.2) is 41.1 Å². The van der Waals surface area contributed by atoms with E-state index in [1.807, 2.05) is 12.3 Å². The lowest BCUT2D eigenvalue weighted by Crippen LogP contribution is -2.39. The Labute approximate surface area is 135 Å². The first-order valence-corrected chi connectivity index (χ1v) is 8.07. The molecule has 0 saturated heterocycles. The predicted molar refractivity (Wildman–Crippen MR) is 88.2 cm³/mol. The molecule has 2 unspecified atom stereocenters. The second kappa shape index (κ2) is 7.42. The van der Waals surface area contributed by atoms with Crippen LogP contribution in [-0.2, 0) is 11.2 Å². The summed E-state index contributed by atoms with van der Waals surface area (Å²) in [6, 6.07) is 9.02. The molecule has 2 rings (SSSR count). The number of carbonyl (C=O) groups excluding carboxylic acids is 1. The van der Waals surface area contributed by atoms with Gasteiger partial charge in [-0.1, -0.05) is 12.1 Å². The zero-order valence-corrected chi connectivity index (χ0v) is 13.8. The Hall–Kier alpha value is -1.85. The molecule has 2 atom stereocenters. The second-order valence-corrected chi connectivity index (χ2v) is 6.09. The zero-order chi connectivity index (χ0) is 16.1. The number of rotatable bonds is 6. The van der Waals surface area contributed by atoms with Crippen LogP contribution >= 0.6 is 11.3 Å². The maximum atomic E-state index is 12.5. The molecule has 1 heterocycles. The van der Waals surface area contributed by atoms with Crippen molar-refractivity contribution in [3.63, 3.8) is 0 Å². The Morgan fingerprint density at radius 2 is 2.18 bits per heavy atom. The van der Waals surface area contributed by atoms with Gasteiger partial charge in [0.05, 0.1) is 7.11 Å². The summed E-state index contributed by atoms with van der Waals surface area (Å²) in [5.74, 6) is 0.314. The Morgan fingerprint density at radius 1 is 1.41 bits per heavy atom. The predicted octanol–water partition coefficient (Wildman–Crippen LogP) is 2.88. The van der Waals surface area contributed by atoms with Crippen LogP contribution in [0.1, 0.15) is 24.2 Å². The van der Waals surface area contributed by atoms with Gasteiger partial charge < -0.3 is 14.7 Å². The van der Waals surface area contributed by atoms with Crippen molar-refractivity contribution in [1.82, 2.24) is 4.90 Å². The maximum Gasteiger partial charge on any atom is 0.256 e. The molecule has 4 nitrogen and oxygen atoms in total. The smallest absolute Gasteiger partial charge is 0.256 e. The Balaban J connectivity index is 2.05. The molecule has 1 amide bonds. The molecule has 1 aromatic heterocycles. The van der Waals surface area contributed by atoms with Crippen molar-refractivity contribution in [1.29, 1.82) is 0 Å². The summed E-state index contributed by atoms with van der Waals surface area (Å²) in [4.78, 5) is 14.0. The average molecular weight is 319 g/mol. The number of hydrogen-bond donors (Lipinski definition) is 1. The fourth-order valence-electron chi connectivity index (χ4n) is 2.25. The number of benzene rings is 1. The summed E-state index contributed by atoms with van der Waals surface area (Å²) < 4.78 is 5.13. The summed E-state index contributed by atoms with van der Waals surface area (Å²) in [6.45, 7) is 1.98. The topological polar surface area (TPSA) is 49.8 Å². The first kappa shape index (κ1) is 16.5. The van der Waals surface area contributed by atoms with E-state index in [2.05, 4.69) is 11.4 Å². The molecular formula is C17H21NO3S. The van der Waals surface area contributed by atoms with Crippen molar-refractivity contribution in [3.05, 3.63) is 52.2 Å². The molecule has 1 N–H and O–H groups in total. The summed E-state index contributed by atoms with van der Waals surface area (Å²) >= 11 is 1.64. The van der Waals surface area contributed by atoms with Crippen LogP contribution in [0.3, 0.4) is 0 Å². The highest BCUT2D eigenvalue weighted by atomic mass is 32.1. The second-order valence-electron chi connectivity index (χ2n) is 5.31. The maximum absolute atomic E-state index is 12.5. The van der Waals surface area contributed by atoms with Gasteiger partial charge in [-0.2, -0.15) is 11.3 Å². The number of aliphatic hydroxyl groups is 1. The van der Waals surface area contributed by atoms with Crippen molar-refractivity contribution < 1.29 is 14.6 Å². The van der Waals surface area contributed by atoms with Crippen LogP contribution in [-0.4, -0.2) is 36.1 Å². The van der Waals surface area contributed by atoms with Gasteiger partial charge in [0.15, 0.2) is 6.10 Å². The molecular weight excluding hydrogens is 298 g/mol. The first-order chi connectivity index (χ1) is 10.5. The molecule has 1 aromatic carbocycles. The third-order valence-corrected chi connectivity index (χ3v) is 4.50. The van der Waals surface area contributed by atoms with E-state index in [0.717, 1.165) is 6.42 Å². The van der Waals surface area contributed by atoms with E-state index in [1.165, 1.54) is 5.56 Å². The molecule has 0 radical (unpaired) electrons. The number of hydrogen-bond acceptors (Lipinski definition) is 4. The van der Waals surface area contributed by atoms with Crippen molar-refractivity contribution in [2.45, 2.75) is 25.5 Å². The third kappa shape index (κ3) is 3.87. The van der Waals surface area contributed by atoms with Gasteiger partial charge in [0.1, 0.15) is 5.75 Å². The van der Waals surface area contributed by atoms with Gasteiger partial charge in [0, 0.05) is 13.1 Å². The quantitative estimate of drug-likeness (QED) is 0.891. The number of aliphatic hydroxyl groups excluding tert-OH is 1. The number of likely N-dealkylation sites (N-methyl/N-ethyl adjacent to an activating group) is 1. The highest BCUT2D eigenvalue weighted by molar-refractivity contribution is 7.07. The zero-order valence-electron chi connectivity index (χ0n) is 13.0. The van der Waals surface area contributed by atoms with Crippen molar-refractivity contribution in [2.75, 3.05) is 14.2 Å². The molecule has 0 aliphatic rings. The number of ether oxygens (including phenoxy) is 1. The van der Waals surface area contributed by atoms with Gasteiger partial charge in [-0.05, 0) is 53.4 Å². The molecule has 0 aliphatic heterocycles. The van der Waals surface area contributed by atoms with E-state index in [4.69, 9.17) is 4.74 Å². The van der Waals surface area contributed by atoms with Crippen LogP contribution in [0, 0.1) is 0 Å². The average Bonchev–Trinajstić information content (AvgIpc) is 3.05. The van der Waals surface area contributed by atoms with Gasteiger partial charge in [0.25, 0.3) is 5.91 Å². The molecule has 22 heavy (non-hydrogen) atoms. The SMILES string of the molecule is COc1cccc(C(O)C(=O)N(C)C(C)Cc2ccsc2)c1. The fraction of sp³-hybridized carbons (Fsp3) is 0.353. The van der Waals surface area contributed by atoms with Crippen LogP contribution in [0.5, 0.6) is 5.75 Å². The lowest BCUT2D eigenvalue weighted by atomic mass is 10.1. The van der Waals surface area contributed by atoms with Crippen molar-refractivity contribution in [3.8, 4) is 5.75 Å². The number of thiophene rings is 1. The molecule has 2 aromatic rings. The van der Waals surface area contributed by atoms with Crippen molar-refractivity contribution >= 4 is 17.2 Å². The summed E-state index contributed by atoms with van der Waals surface area (Å²) in [7, 11) is 3.28. The number of carbonyl (C=O) groups is 1. The molecule has 0 saturated carbocycles. The normalized spacial score (nSPS) is 13.5. The van der Waals surface area contributed by atoms with E-state index in [-0.39, 0.29) is 11.9 Å². The van der Waals surface area contributed by atoms with E-state index in [9.17, 15) is 9.90 Å². The molecule has 0 bridgehead atoms. The Morgan fingerprint density at radius 3 is 2.82 bits per heavy atom. The van der Waals surface area contributed by atoms with E-state index < -0.39 is 6.10 Å². The summed E-state index contributed by atoms with van der Waals surface area (Å²) in [5, 5.41) is 14.4. The van der Waals surface area contributed by atoms with E-state index in [1.54, 1.807) is 54.7 Å². The fourth-order valence-corrected chi connectivity index (χ4v) is 2.93. The lowest BCUT2D eigenvalue weighted by molar-refractivity contribution is -0.141. The van der Waals surface area contributed by atoms with Gasteiger partial charge >= 0.3 is 0 Å². The van der Waals surface area contributed by atoms with E-state index in [0.29, 0.717) is 11.3 Å². The van der Waals surface area contributed by atoms with Crippen LogP contribution in [0.2, 0.25) is 0 Å². The van der Waals surface area contributed by atoms with Crippen LogP contribution < -0.4 is 4.74 Å². The molecule has 0 aliphatic carbocycles. The van der Waals surface area contributed by atoms with Crippen LogP contribution in [0.25, 0.3) is 0 Å². The lowest BCUT2D eigenvalue weighted by Gasteiger charge is -2.27. The Bertz CT molecular complexity index is 612. The number of amides is 1. The molecule has 118 valence electrons. The van der Waals surface area contributed by atoms with Gasteiger partial charge in [-0.15, -0.1) is 0 Å². The highest BCUT2D eigenvalue weighted by Crippen LogP contribution is 2.22. The highest BCUT2D eigenvalue weighted by Gasteiger charge is 2.25. The number of methoxy groups -OCH3 is 1. The molecule has 0 fully saturated rings. The third-order valence-electron chi connectivity index (χ3n) is 3.76. The van der Waals surface area contributed by atoms with Gasteiger partial charge in [-0.25, -0.2) is 0 Å². The minimum atomic E-state index is -1.18. The minimum Gasteiger partial charge on any atom is -0.497 e. The number of nitrogens with zero attached hydrogens (tertiary/aromatic N) is 1. The minimum absolute atomic E-state index is 0.0161. The monoisotopic (exact) mass is 319 g/mol. The molecule has 5 heteroatoms. The standard InChI is InChI=1S/C17H21NO3S/c1-12(9-13-7-8-22-11-13)18(2)17(20)16(19)14-5-4-6-15(10-14)21-3/h4-8,10-12,16,19H,9H2,1-3H3. The van der Waals surface area contributed by atoms with Crippen LogP contribution in [0.4, 0.5) is 0 Å². The largest absolute Gasteiger partial charge is 0.497 e. The molecule has 0 spiro atoms. The van der Waals surface area contributed by atoms with Gasteiger partial charge in [0.2, 0.25) is 0 Å². The van der Waals surface area contributed by atoms with Crippen molar-refractivity contribution in [2.24, 2.45) is 0 Å². The van der Waals surface area contributed by atoms with Gasteiger partial charge in [-0.3, -0.25) is 4.79 Å². The Kier molecular flexibility index (Phi) is 5.57.